The van der Waals surface area contributed by atoms with E-state index < -0.39 is 0 Å². The van der Waals surface area contributed by atoms with Gasteiger partial charge in [-0.2, -0.15) is 0 Å². The predicted molar refractivity (Wildman–Crippen MR) is 98.7 cm³/mol. The lowest BCUT2D eigenvalue weighted by molar-refractivity contribution is -0.111. The van der Waals surface area contributed by atoms with Crippen LogP contribution in [0.25, 0.3) is 6.08 Å². The highest BCUT2D eigenvalue weighted by Gasteiger charge is 2.23. The minimum atomic E-state index is -0.245. The molecule has 1 fully saturated rings. The molecule has 0 atom stereocenters. The van der Waals surface area contributed by atoms with E-state index in [9.17, 15) is 9.59 Å². The fraction of sp³-hybridized carbons (Fsp3) is 0.158. The molecule has 0 bridgehead atoms. The van der Waals surface area contributed by atoms with Crippen molar-refractivity contribution < 1.29 is 9.59 Å². The number of carbonyl (C=O) groups excluding carboxylic acids is 2. The number of hydrogen-bond acceptors (Lipinski definition) is 2. The van der Waals surface area contributed by atoms with E-state index in [-0.39, 0.29) is 11.8 Å². The van der Waals surface area contributed by atoms with Crippen molar-refractivity contribution in [1.29, 1.82) is 0 Å². The summed E-state index contributed by atoms with van der Waals surface area (Å²) in [4.78, 5) is 24.1. The molecule has 2 N–H and O–H groups in total. The second-order valence-corrected chi connectivity index (χ2v) is 6.53. The van der Waals surface area contributed by atoms with Crippen molar-refractivity contribution in [2.75, 3.05) is 5.32 Å². The van der Waals surface area contributed by atoms with Gasteiger partial charge in [-0.3, -0.25) is 9.59 Å². The summed E-state index contributed by atoms with van der Waals surface area (Å²) < 4.78 is 0.924. The van der Waals surface area contributed by atoms with Crippen molar-refractivity contribution in [2.24, 2.45) is 0 Å². The zero-order valence-electron chi connectivity index (χ0n) is 13.0. The molecule has 4 nitrogen and oxygen atoms in total. The molecule has 1 saturated carbocycles. The second-order valence-electron chi connectivity index (χ2n) is 5.67. The van der Waals surface area contributed by atoms with Gasteiger partial charge in [0.25, 0.3) is 5.91 Å². The first kappa shape index (κ1) is 16.5. The van der Waals surface area contributed by atoms with E-state index in [0.29, 0.717) is 17.3 Å². The Morgan fingerprint density at radius 1 is 1.08 bits per heavy atom. The van der Waals surface area contributed by atoms with Crippen LogP contribution in [-0.2, 0) is 4.79 Å². The molecule has 0 radical (unpaired) electrons. The molecule has 0 aromatic heterocycles. The van der Waals surface area contributed by atoms with E-state index in [1.807, 2.05) is 24.3 Å². The molecular formula is C19H17BrN2O2. The minimum Gasteiger partial charge on any atom is -0.349 e. The van der Waals surface area contributed by atoms with E-state index in [1.165, 1.54) is 6.08 Å². The number of halogens is 1. The van der Waals surface area contributed by atoms with E-state index in [4.69, 9.17) is 0 Å². The van der Waals surface area contributed by atoms with Crippen LogP contribution < -0.4 is 10.6 Å². The zero-order chi connectivity index (χ0) is 16.9. The van der Waals surface area contributed by atoms with Gasteiger partial charge in [0.05, 0.1) is 0 Å². The summed E-state index contributed by atoms with van der Waals surface area (Å²) in [6, 6.07) is 14.9. The highest BCUT2D eigenvalue weighted by atomic mass is 79.9. The van der Waals surface area contributed by atoms with Crippen molar-refractivity contribution in [1.82, 2.24) is 5.32 Å². The van der Waals surface area contributed by atoms with Crippen LogP contribution in [0.2, 0.25) is 0 Å². The lowest BCUT2D eigenvalue weighted by atomic mass is 10.2. The number of carbonyl (C=O) groups is 2. The van der Waals surface area contributed by atoms with Gasteiger partial charge in [-0.25, -0.2) is 0 Å². The van der Waals surface area contributed by atoms with Crippen molar-refractivity contribution >= 4 is 39.5 Å². The Morgan fingerprint density at radius 2 is 1.88 bits per heavy atom. The molecule has 2 aromatic carbocycles. The third-order valence-electron chi connectivity index (χ3n) is 3.62. The maximum absolute atomic E-state index is 12.1. The Bertz CT molecular complexity index is 797. The van der Waals surface area contributed by atoms with Crippen molar-refractivity contribution in [3.8, 4) is 0 Å². The Balaban J connectivity index is 1.63. The van der Waals surface area contributed by atoms with Crippen LogP contribution >= 0.6 is 15.9 Å². The largest absolute Gasteiger partial charge is 0.349 e. The smallest absolute Gasteiger partial charge is 0.251 e. The van der Waals surface area contributed by atoms with Gasteiger partial charge in [-0.1, -0.05) is 40.2 Å². The van der Waals surface area contributed by atoms with E-state index in [1.54, 1.807) is 30.3 Å². The molecule has 2 amide bonds. The summed E-state index contributed by atoms with van der Waals surface area (Å²) in [6.45, 7) is 0. The van der Waals surface area contributed by atoms with Crippen molar-refractivity contribution in [2.45, 2.75) is 18.9 Å². The summed E-state index contributed by atoms with van der Waals surface area (Å²) in [5.41, 5.74) is 2.07. The van der Waals surface area contributed by atoms with Gasteiger partial charge < -0.3 is 10.6 Å². The zero-order valence-corrected chi connectivity index (χ0v) is 14.5. The highest BCUT2D eigenvalue weighted by Crippen LogP contribution is 2.20. The van der Waals surface area contributed by atoms with E-state index >= 15 is 0 Å². The van der Waals surface area contributed by atoms with Crippen LogP contribution in [-0.4, -0.2) is 17.9 Å². The van der Waals surface area contributed by atoms with Crippen molar-refractivity contribution in [3.63, 3.8) is 0 Å². The summed E-state index contributed by atoms with van der Waals surface area (Å²) in [6.07, 6.45) is 5.30. The lowest BCUT2D eigenvalue weighted by Crippen LogP contribution is -2.25. The number of nitrogens with one attached hydrogen (secondary N) is 2. The Morgan fingerprint density at radius 3 is 2.62 bits per heavy atom. The van der Waals surface area contributed by atoms with Gasteiger partial charge >= 0.3 is 0 Å². The number of benzene rings is 2. The first-order valence-electron chi connectivity index (χ1n) is 7.76. The Kier molecular flexibility index (Phi) is 5.11. The average Bonchev–Trinajstić information content (AvgIpc) is 3.38. The molecule has 0 aliphatic heterocycles. The van der Waals surface area contributed by atoms with Gasteiger partial charge in [-0.05, 0) is 48.7 Å². The summed E-state index contributed by atoms with van der Waals surface area (Å²) >= 11 is 3.44. The molecule has 1 aliphatic carbocycles. The SMILES string of the molecule is O=C(/C=C/c1ccccc1Br)Nc1cccc(C(=O)NC2CC2)c1. The van der Waals surface area contributed by atoms with Crippen LogP contribution in [0.5, 0.6) is 0 Å². The number of amides is 2. The molecule has 0 spiro atoms. The molecule has 2 aromatic rings. The third-order valence-corrected chi connectivity index (χ3v) is 4.35. The number of anilines is 1. The first-order chi connectivity index (χ1) is 11.6. The number of rotatable bonds is 5. The van der Waals surface area contributed by atoms with Gasteiger partial charge in [-0.15, -0.1) is 0 Å². The van der Waals surface area contributed by atoms with Crippen LogP contribution in [0.15, 0.2) is 59.1 Å². The summed E-state index contributed by atoms with van der Waals surface area (Å²) in [5.74, 6) is -0.345. The van der Waals surface area contributed by atoms with E-state index in [2.05, 4.69) is 26.6 Å². The summed E-state index contributed by atoms with van der Waals surface area (Å²) in [5, 5.41) is 5.71. The maximum Gasteiger partial charge on any atom is 0.251 e. The lowest BCUT2D eigenvalue weighted by Gasteiger charge is -2.06. The molecule has 3 rings (SSSR count). The van der Waals surface area contributed by atoms with Gasteiger partial charge in [0.15, 0.2) is 0 Å². The van der Waals surface area contributed by atoms with Gasteiger partial charge in [0, 0.05) is 27.8 Å². The molecular weight excluding hydrogens is 368 g/mol. The van der Waals surface area contributed by atoms with Crippen molar-refractivity contribution in [3.05, 3.63) is 70.2 Å². The van der Waals surface area contributed by atoms with E-state index in [0.717, 1.165) is 22.9 Å². The summed E-state index contributed by atoms with van der Waals surface area (Å²) in [7, 11) is 0. The highest BCUT2D eigenvalue weighted by molar-refractivity contribution is 9.10. The molecule has 5 heteroatoms. The normalized spacial score (nSPS) is 13.7. The molecule has 1 aliphatic rings. The van der Waals surface area contributed by atoms with Gasteiger partial charge in [0.2, 0.25) is 5.91 Å². The van der Waals surface area contributed by atoms with Crippen LogP contribution in [0.3, 0.4) is 0 Å². The molecule has 0 unspecified atom stereocenters. The van der Waals surface area contributed by atoms with Crippen LogP contribution in [0.1, 0.15) is 28.8 Å². The maximum atomic E-state index is 12.1. The van der Waals surface area contributed by atoms with Crippen LogP contribution in [0, 0.1) is 0 Å². The van der Waals surface area contributed by atoms with Gasteiger partial charge in [0.1, 0.15) is 0 Å². The molecule has 0 heterocycles. The minimum absolute atomic E-state index is 0.0997. The molecule has 24 heavy (non-hydrogen) atoms. The monoisotopic (exact) mass is 384 g/mol. The fourth-order valence-electron chi connectivity index (χ4n) is 2.19. The fourth-order valence-corrected chi connectivity index (χ4v) is 2.61. The van der Waals surface area contributed by atoms with Crippen LogP contribution in [0.4, 0.5) is 5.69 Å². The second kappa shape index (κ2) is 7.45. The Hall–Kier alpha value is -2.40. The predicted octanol–water partition coefficient (Wildman–Crippen LogP) is 3.99. The Labute approximate surface area is 149 Å². The molecule has 122 valence electrons. The number of hydrogen-bond donors (Lipinski definition) is 2. The first-order valence-corrected chi connectivity index (χ1v) is 8.55. The topological polar surface area (TPSA) is 58.2 Å². The third kappa shape index (κ3) is 4.55. The quantitative estimate of drug-likeness (QED) is 0.765. The molecule has 0 saturated heterocycles. The average molecular weight is 385 g/mol. The standard InChI is InChI=1S/C19H17BrN2O2/c20-17-7-2-1-4-13(17)8-11-18(23)21-16-6-3-5-14(12-16)19(24)22-15-9-10-15/h1-8,11-12,15H,9-10H2,(H,21,23)(H,22,24)/b11-8+.